The molecule has 0 radical (unpaired) electrons. The van der Waals surface area contributed by atoms with E-state index in [1.54, 1.807) is 12.3 Å². The van der Waals surface area contributed by atoms with Crippen LogP contribution in [0, 0.1) is 0 Å². The molecule has 0 saturated heterocycles. The van der Waals surface area contributed by atoms with Crippen molar-refractivity contribution in [2.75, 3.05) is 0 Å². The normalized spacial score (nSPS) is 27.1. The molecule has 1 aliphatic rings. The Morgan fingerprint density at radius 2 is 2.36 bits per heavy atom. The number of aromatic nitrogens is 1. The van der Waals surface area contributed by atoms with Gasteiger partial charge in [-0.15, -0.1) is 5.11 Å². The minimum Gasteiger partial charge on any atom is -0.291 e. The number of alkyl halides is 1. The van der Waals surface area contributed by atoms with Crippen LogP contribution in [0.3, 0.4) is 0 Å². The van der Waals surface area contributed by atoms with Gasteiger partial charge in [0.25, 0.3) is 0 Å². The number of halogens is 1. The Kier molecular flexibility index (Phi) is 1.30. The van der Waals surface area contributed by atoms with E-state index in [1.165, 1.54) is 0 Å². The number of nitrogens with zero attached hydrogens (tertiary/aromatic N) is 3. The van der Waals surface area contributed by atoms with Crippen LogP contribution < -0.4 is 5.73 Å². The molecule has 2 rings (SSSR count). The van der Waals surface area contributed by atoms with Crippen LogP contribution in [0.2, 0.25) is 0 Å². The van der Waals surface area contributed by atoms with Gasteiger partial charge in [-0.05, 0) is 28.1 Å². The molecule has 4 nitrogen and oxygen atoms in total. The third-order valence-electron chi connectivity index (χ3n) is 1.42. The number of hydrogen-bond acceptors (Lipinski definition) is 4. The monoisotopic (exact) mass is 212 g/mol. The van der Waals surface area contributed by atoms with E-state index in [-0.39, 0.29) is 0 Å². The first-order valence-electron chi connectivity index (χ1n) is 3.06. The van der Waals surface area contributed by atoms with Crippen LogP contribution in [-0.2, 0) is 4.57 Å². The van der Waals surface area contributed by atoms with Crippen molar-refractivity contribution in [3.8, 4) is 0 Å². The van der Waals surface area contributed by atoms with Crippen molar-refractivity contribution in [2.45, 2.75) is 4.57 Å². The molecule has 0 aromatic carbocycles. The molecule has 0 bridgehead atoms. The second kappa shape index (κ2) is 2.09. The second-order valence-corrected chi connectivity index (χ2v) is 3.45. The highest BCUT2D eigenvalue weighted by molar-refractivity contribution is 9.09. The SMILES string of the molecule is NC1(Br)N=Nc2cccnc21. The van der Waals surface area contributed by atoms with Gasteiger partial charge in [0.05, 0.1) is 0 Å². The fourth-order valence-corrected chi connectivity index (χ4v) is 1.31. The quantitative estimate of drug-likeness (QED) is 0.525. The van der Waals surface area contributed by atoms with E-state index in [4.69, 9.17) is 5.73 Å². The van der Waals surface area contributed by atoms with Crippen molar-refractivity contribution in [3.05, 3.63) is 24.0 Å². The molecule has 11 heavy (non-hydrogen) atoms. The smallest absolute Gasteiger partial charge is 0.229 e. The van der Waals surface area contributed by atoms with Gasteiger partial charge in [0.2, 0.25) is 4.57 Å². The minimum absolute atomic E-state index is 0.667. The molecule has 0 amide bonds. The Hall–Kier alpha value is -0.810. The van der Waals surface area contributed by atoms with Gasteiger partial charge in [0.15, 0.2) is 0 Å². The summed E-state index contributed by atoms with van der Waals surface area (Å²) in [5, 5.41) is 7.64. The Balaban J connectivity index is 2.64. The molecular weight excluding hydrogens is 208 g/mol. The first-order chi connectivity index (χ1) is 5.20. The van der Waals surface area contributed by atoms with Gasteiger partial charge in [0, 0.05) is 6.20 Å². The van der Waals surface area contributed by atoms with E-state index in [0.717, 1.165) is 5.69 Å². The lowest BCUT2D eigenvalue weighted by Crippen LogP contribution is -2.25. The van der Waals surface area contributed by atoms with Crippen LogP contribution in [0.4, 0.5) is 5.69 Å². The van der Waals surface area contributed by atoms with Crippen molar-refractivity contribution in [3.63, 3.8) is 0 Å². The van der Waals surface area contributed by atoms with Crippen LogP contribution in [0.15, 0.2) is 28.6 Å². The predicted molar refractivity (Wildman–Crippen MR) is 43.5 cm³/mol. The van der Waals surface area contributed by atoms with Crippen LogP contribution in [0.5, 0.6) is 0 Å². The average molecular weight is 213 g/mol. The van der Waals surface area contributed by atoms with E-state index >= 15 is 0 Å². The summed E-state index contributed by atoms with van der Waals surface area (Å²) in [6, 6.07) is 3.62. The summed E-state index contributed by atoms with van der Waals surface area (Å²) >= 11 is 3.20. The molecule has 1 atom stereocenters. The van der Waals surface area contributed by atoms with Crippen LogP contribution >= 0.6 is 15.9 Å². The van der Waals surface area contributed by atoms with E-state index < -0.39 is 4.57 Å². The third-order valence-corrected chi connectivity index (χ3v) is 1.96. The highest BCUT2D eigenvalue weighted by atomic mass is 79.9. The van der Waals surface area contributed by atoms with Gasteiger partial charge < -0.3 is 0 Å². The second-order valence-electron chi connectivity index (χ2n) is 2.24. The Bertz CT molecular complexity index is 320. The van der Waals surface area contributed by atoms with Gasteiger partial charge in [-0.3, -0.25) is 10.7 Å². The summed E-state index contributed by atoms with van der Waals surface area (Å²) in [4.78, 5) is 4.05. The Labute approximate surface area is 71.7 Å². The number of pyridine rings is 1. The molecule has 56 valence electrons. The molecule has 1 unspecified atom stereocenters. The topological polar surface area (TPSA) is 63.6 Å². The van der Waals surface area contributed by atoms with Crippen molar-refractivity contribution in [1.29, 1.82) is 0 Å². The molecule has 1 aromatic rings. The maximum absolute atomic E-state index is 5.68. The summed E-state index contributed by atoms with van der Waals surface area (Å²) in [5.41, 5.74) is 7.08. The molecule has 1 aliphatic heterocycles. The lowest BCUT2D eigenvalue weighted by molar-refractivity contribution is 0.689. The molecule has 5 heteroatoms. The lowest BCUT2D eigenvalue weighted by Gasteiger charge is -2.08. The van der Waals surface area contributed by atoms with Crippen LogP contribution in [-0.4, -0.2) is 4.98 Å². The molecule has 2 N–H and O–H groups in total. The summed E-state index contributed by atoms with van der Waals surface area (Å²) in [6.07, 6.45) is 1.66. The largest absolute Gasteiger partial charge is 0.291 e. The minimum atomic E-state index is -0.913. The third kappa shape index (κ3) is 0.965. The summed E-state index contributed by atoms with van der Waals surface area (Å²) in [7, 11) is 0. The molecule has 0 aliphatic carbocycles. The van der Waals surface area contributed by atoms with E-state index in [2.05, 4.69) is 31.1 Å². The first kappa shape index (κ1) is 6.87. The summed E-state index contributed by atoms with van der Waals surface area (Å²) in [5.74, 6) is 0. The zero-order valence-electron chi connectivity index (χ0n) is 5.53. The van der Waals surface area contributed by atoms with E-state index in [1.807, 2.05) is 6.07 Å². The van der Waals surface area contributed by atoms with Gasteiger partial charge in [-0.2, -0.15) is 5.11 Å². The molecule has 0 saturated carbocycles. The first-order valence-corrected chi connectivity index (χ1v) is 3.86. The van der Waals surface area contributed by atoms with Gasteiger partial charge in [-0.1, -0.05) is 0 Å². The zero-order chi connectivity index (χ0) is 7.90. The molecule has 0 fully saturated rings. The predicted octanol–water partition coefficient (Wildman–Crippen LogP) is 1.64. The Morgan fingerprint density at radius 1 is 1.55 bits per heavy atom. The van der Waals surface area contributed by atoms with E-state index in [0.29, 0.717) is 5.69 Å². The van der Waals surface area contributed by atoms with Gasteiger partial charge in [0.1, 0.15) is 11.4 Å². The maximum atomic E-state index is 5.68. The number of azo groups is 1. The molecular formula is C6H5BrN4. The van der Waals surface area contributed by atoms with Crippen molar-refractivity contribution in [2.24, 2.45) is 16.0 Å². The highest BCUT2D eigenvalue weighted by Gasteiger charge is 2.32. The number of hydrogen-bond donors (Lipinski definition) is 1. The standard InChI is InChI=1S/C6H5BrN4/c7-6(8)5-4(10-11-6)2-1-3-9-5/h1-3H,8H2. The van der Waals surface area contributed by atoms with Gasteiger partial charge >= 0.3 is 0 Å². The summed E-state index contributed by atoms with van der Waals surface area (Å²) < 4.78 is -0.913. The van der Waals surface area contributed by atoms with Crippen LogP contribution in [0.1, 0.15) is 5.69 Å². The fraction of sp³-hybridized carbons (Fsp3) is 0.167. The fourth-order valence-electron chi connectivity index (χ4n) is 0.922. The van der Waals surface area contributed by atoms with Crippen LogP contribution in [0.25, 0.3) is 0 Å². The number of fused-ring (bicyclic) bond motifs is 1. The highest BCUT2D eigenvalue weighted by Crippen LogP contribution is 2.38. The number of rotatable bonds is 0. The molecule has 2 heterocycles. The molecule has 0 spiro atoms. The van der Waals surface area contributed by atoms with Crippen molar-refractivity contribution in [1.82, 2.24) is 4.98 Å². The van der Waals surface area contributed by atoms with Crippen molar-refractivity contribution >= 4 is 21.6 Å². The average Bonchev–Trinajstić information content (AvgIpc) is 2.29. The maximum Gasteiger partial charge on any atom is 0.229 e. The molecule has 1 aromatic heterocycles. The zero-order valence-corrected chi connectivity index (χ0v) is 7.12. The van der Waals surface area contributed by atoms with Gasteiger partial charge in [-0.25, -0.2) is 0 Å². The number of nitrogens with two attached hydrogens (primary N) is 1. The van der Waals surface area contributed by atoms with E-state index in [9.17, 15) is 0 Å². The van der Waals surface area contributed by atoms with Crippen molar-refractivity contribution < 1.29 is 0 Å². The summed E-state index contributed by atoms with van der Waals surface area (Å²) in [6.45, 7) is 0. The Morgan fingerprint density at radius 3 is 3.09 bits per heavy atom. The lowest BCUT2D eigenvalue weighted by atomic mass is 10.3.